The quantitative estimate of drug-likeness (QED) is 0.775. The van der Waals surface area contributed by atoms with Gasteiger partial charge in [0.15, 0.2) is 5.82 Å². The van der Waals surface area contributed by atoms with Gasteiger partial charge in [-0.3, -0.25) is 4.98 Å². The number of rotatable bonds is 2. The molecule has 0 unspecified atom stereocenters. The largest absolute Gasteiger partial charge is 0.383 e. The van der Waals surface area contributed by atoms with Crippen LogP contribution in [0.15, 0.2) is 42.0 Å². The van der Waals surface area contributed by atoms with Gasteiger partial charge in [0.2, 0.25) is 0 Å². The summed E-state index contributed by atoms with van der Waals surface area (Å²) in [5, 5.41) is 0. The topological polar surface area (TPSA) is 64.7 Å². The van der Waals surface area contributed by atoms with Crippen LogP contribution in [0, 0.1) is 6.92 Å². The predicted octanol–water partition coefficient (Wildman–Crippen LogP) is 3.16. The number of nitrogens with two attached hydrogens (primary N) is 1. The number of benzene rings is 1. The Morgan fingerprint density at radius 3 is 2.58 bits per heavy atom. The zero-order valence-corrected chi connectivity index (χ0v) is 11.2. The lowest BCUT2D eigenvalue weighted by atomic mass is 10.1. The third kappa shape index (κ3) is 2.20. The van der Waals surface area contributed by atoms with E-state index in [0.29, 0.717) is 11.6 Å². The monoisotopic (exact) mass is 268 g/mol. The molecular weight excluding hydrogens is 256 g/mol. The van der Waals surface area contributed by atoms with Crippen LogP contribution in [0.2, 0.25) is 0 Å². The highest BCUT2D eigenvalue weighted by atomic mass is 32.1. The standard InChI is InChI=1S/C14H12N4S/c1-9-12(10-5-3-2-4-6-10)17-14(18-13(9)15)11-7-16-8-19-11/h2-8H,1H3,(H2,15,17,18). The summed E-state index contributed by atoms with van der Waals surface area (Å²) < 4.78 is 0. The van der Waals surface area contributed by atoms with Gasteiger partial charge in [-0.2, -0.15) is 0 Å². The molecule has 19 heavy (non-hydrogen) atoms. The van der Waals surface area contributed by atoms with Gasteiger partial charge in [-0.05, 0) is 6.92 Å². The second kappa shape index (κ2) is 4.78. The molecule has 5 heteroatoms. The first kappa shape index (κ1) is 11.8. The minimum absolute atomic E-state index is 0.511. The molecule has 0 aliphatic carbocycles. The smallest absolute Gasteiger partial charge is 0.173 e. The van der Waals surface area contributed by atoms with E-state index in [1.807, 2.05) is 37.3 Å². The van der Waals surface area contributed by atoms with E-state index in [1.54, 1.807) is 11.7 Å². The Bertz CT molecular complexity index is 693. The molecule has 4 nitrogen and oxygen atoms in total. The molecule has 1 aromatic carbocycles. The first-order valence-electron chi connectivity index (χ1n) is 5.84. The summed E-state index contributed by atoms with van der Waals surface area (Å²) in [7, 11) is 0. The average molecular weight is 268 g/mol. The molecule has 0 fully saturated rings. The highest BCUT2D eigenvalue weighted by Crippen LogP contribution is 2.28. The minimum Gasteiger partial charge on any atom is -0.383 e. The Hall–Kier alpha value is -2.27. The summed E-state index contributed by atoms with van der Waals surface area (Å²) in [5.41, 5.74) is 10.6. The van der Waals surface area contributed by atoms with Crippen molar-refractivity contribution in [1.82, 2.24) is 15.0 Å². The van der Waals surface area contributed by atoms with Gasteiger partial charge in [0.1, 0.15) is 5.82 Å². The van der Waals surface area contributed by atoms with Crippen LogP contribution in [0.3, 0.4) is 0 Å². The maximum Gasteiger partial charge on any atom is 0.173 e. The number of hydrogen-bond donors (Lipinski definition) is 1. The second-order valence-electron chi connectivity index (χ2n) is 4.14. The fraction of sp³-hybridized carbons (Fsp3) is 0.0714. The lowest BCUT2D eigenvalue weighted by molar-refractivity contribution is 1.16. The summed E-state index contributed by atoms with van der Waals surface area (Å²) in [5.74, 6) is 1.14. The molecular formula is C14H12N4S. The van der Waals surface area contributed by atoms with Crippen LogP contribution in [0.1, 0.15) is 5.56 Å². The van der Waals surface area contributed by atoms with E-state index in [-0.39, 0.29) is 0 Å². The SMILES string of the molecule is Cc1c(N)nc(-c2cncs2)nc1-c1ccccc1. The molecule has 2 N–H and O–H groups in total. The van der Waals surface area contributed by atoms with E-state index in [1.165, 1.54) is 11.3 Å². The Morgan fingerprint density at radius 1 is 1.11 bits per heavy atom. The molecule has 94 valence electrons. The van der Waals surface area contributed by atoms with Crippen LogP contribution in [-0.4, -0.2) is 15.0 Å². The predicted molar refractivity (Wildman–Crippen MR) is 77.7 cm³/mol. The molecule has 0 spiro atoms. The average Bonchev–Trinajstić information content (AvgIpc) is 2.97. The Labute approximate surface area is 115 Å². The van der Waals surface area contributed by atoms with Crippen LogP contribution in [0.4, 0.5) is 5.82 Å². The van der Waals surface area contributed by atoms with Crippen molar-refractivity contribution in [2.45, 2.75) is 6.92 Å². The van der Waals surface area contributed by atoms with E-state index >= 15 is 0 Å². The zero-order valence-electron chi connectivity index (χ0n) is 10.4. The number of nitrogen functional groups attached to an aromatic ring is 1. The summed E-state index contributed by atoms with van der Waals surface area (Å²) in [6, 6.07) is 9.99. The lowest BCUT2D eigenvalue weighted by Crippen LogP contribution is -2.01. The van der Waals surface area contributed by atoms with Gasteiger partial charge in [0.25, 0.3) is 0 Å². The number of thiazole rings is 1. The highest BCUT2D eigenvalue weighted by molar-refractivity contribution is 7.13. The third-order valence-electron chi connectivity index (χ3n) is 2.88. The van der Waals surface area contributed by atoms with Crippen molar-refractivity contribution in [3.8, 4) is 22.0 Å². The van der Waals surface area contributed by atoms with Crippen molar-refractivity contribution in [1.29, 1.82) is 0 Å². The van der Waals surface area contributed by atoms with E-state index in [9.17, 15) is 0 Å². The van der Waals surface area contributed by atoms with Crippen LogP contribution >= 0.6 is 11.3 Å². The molecule has 0 atom stereocenters. The normalized spacial score (nSPS) is 10.6. The van der Waals surface area contributed by atoms with Crippen molar-refractivity contribution in [2.24, 2.45) is 0 Å². The van der Waals surface area contributed by atoms with E-state index in [4.69, 9.17) is 5.73 Å². The molecule has 0 aliphatic rings. The van der Waals surface area contributed by atoms with Crippen LogP contribution in [-0.2, 0) is 0 Å². The molecule has 0 saturated heterocycles. The van der Waals surface area contributed by atoms with Crippen LogP contribution in [0.5, 0.6) is 0 Å². The van der Waals surface area contributed by atoms with Gasteiger partial charge in [-0.25, -0.2) is 9.97 Å². The maximum absolute atomic E-state index is 6.00. The molecule has 3 rings (SSSR count). The third-order valence-corrected chi connectivity index (χ3v) is 3.65. The fourth-order valence-electron chi connectivity index (χ4n) is 1.85. The van der Waals surface area contributed by atoms with Crippen LogP contribution < -0.4 is 5.73 Å². The first-order chi connectivity index (χ1) is 9.25. The number of aromatic nitrogens is 3. The van der Waals surface area contributed by atoms with Gasteiger partial charge in [-0.15, -0.1) is 11.3 Å². The molecule has 0 bridgehead atoms. The second-order valence-corrected chi connectivity index (χ2v) is 5.02. The van der Waals surface area contributed by atoms with Crippen molar-refractivity contribution in [3.63, 3.8) is 0 Å². The van der Waals surface area contributed by atoms with Gasteiger partial charge >= 0.3 is 0 Å². The number of hydrogen-bond acceptors (Lipinski definition) is 5. The maximum atomic E-state index is 6.00. The van der Waals surface area contributed by atoms with Crippen molar-refractivity contribution in [2.75, 3.05) is 5.73 Å². The zero-order chi connectivity index (χ0) is 13.2. The van der Waals surface area contributed by atoms with Gasteiger partial charge in [0.05, 0.1) is 16.1 Å². The van der Waals surface area contributed by atoms with Crippen molar-refractivity contribution < 1.29 is 0 Å². The van der Waals surface area contributed by atoms with E-state index in [0.717, 1.165) is 21.7 Å². The molecule has 2 heterocycles. The summed E-state index contributed by atoms with van der Waals surface area (Å²) in [6.45, 7) is 1.94. The Balaban J connectivity index is 2.20. The highest BCUT2D eigenvalue weighted by Gasteiger charge is 2.12. The lowest BCUT2D eigenvalue weighted by Gasteiger charge is -2.09. The summed E-state index contributed by atoms with van der Waals surface area (Å²) in [6.07, 6.45) is 1.75. The Morgan fingerprint density at radius 2 is 1.89 bits per heavy atom. The van der Waals surface area contributed by atoms with E-state index < -0.39 is 0 Å². The van der Waals surface area contributed by atoms with Gasteiger partial charge < -0.3 is 5.73 Å². The fourth-order valence-corrected chi connectivity index (χ4v) is 2.40. The number of anilines is 1. The van der Waals surface area contributed by atoms with Gasteiger partial charge in [0, 0.05) is 17.3 Å². The van der Waals surface area contributed by atoms with Crippen molar-refractivity contribution >= 4 is 17.2 Å². The number of nitrogens with zero attached hydrogens (tertiary/aromatic N) is 3. The minimum atomic E-state index is 0.511. The molecule has 0 radical (unpaired) electrons. The molecule has 3 aromatic rings. The molecule has 0 amide bonds. The summed E-state index contributed by atoms with van der Waals surface area (Å²) in [4.78, 5) is 13.9. The summed E-state index contributed by atoms with van der Waals surface area (Å²) >= 11 is 1.50. The Kier molecular flexibility index (Phi) is 2.97. The van der Waals surface area contributed by atoms with Crippen LogP contribution in [0.25, 0.3) is 22.0 Å². The van der Waals surface area contributed by atoms with Crippen molar-refractivity contribution in [3.05, 3.63) is 47.6 Å². The molecule has 2 aromatic heterocycles. The van der Waals surface area contributed by atoms with Gasteiger partial charge in [-0.1, -0.05) is 30.3 Å². The molecule has 0 saturated carbocycles. The molecule has 0 aliphatic heterocycles. The first-order valence-corrected chi connectivity index (χ1v) is 6.72. The van der Waals surface area contributed by atoms with E-state index in [2.05, 4.69) is 15.0 Å².